The number of rotatable bonds is 2. The van der Waals surface area contributed by atoms with Gasteiger partial charge in [0.15, 0.2) is 0 Å². The first-order chi connectivity index (χ1) is 7.57. The fourth-order valence-corrected chi connectivity index (χ4v) is 3.63. The summed E-state index contributed by atoms with van der Waals surface area (Å²) in [7, 11) is 0. The molecule has 1 aromatic heterocycles. The van der Waals surface area contributed by atoms with Gasteiger partial charge in [0.25, 0.3) is 0 Å². The Morgan fingerprint density at radius 1 is 0.938 bits per heavy atom. The molecule has 0 N–H and O–H groups in total. The average Bonchev–Trinajstić information content (AvgIpc) is 2.29. The van der Waals surface area contributed by atoms with Crippen molar-refractivity contribution in [2.24, 2.45) is 0 Å². The zero-order valence-electron chi connectivity index (χ0n) is 9.94. The predicted octanol–water partition coefficient (Wildman–Crippen LogP) is 2.69. The Labute approximate surface area is 99.1 Å². The summed E-state index contributed by atoms with van der Waals surface area (Å²) in [5, 5.41) is 0. The quantitative estimate of drug-likeness (QED) is 0.786. The number of aromatic nitrogens is 2. The monoisotopic (exact) mass is 274 g/mol. The van der Waals surface area contributed by atoms with Crippen LogP contribution in [0.5, 0.6) is 0 Å². The summed E-state index contributed by atoms with van der Waals surface area (Å²) in [5.41, 5.74) is 1.09. The van der Waals surface area contributed by atoms with Gasteiger partial charge < -0.3 is 0 Å². The molecule has 0 fully saturated rings. The van der Waals surface area contributed by atoms with Gasteiger partial charge in [0.1, 0.15) is 0 Å². The molecule has 2 aromatic rings. The van der Waals surface area contributed by atoms with Gasteiger partial charge in [-0.05, 0) is 0 Å². The summed E-state index contributed by atoms with van der Waals surface area (Å²) < 4.78 is 1.26. The van der Waals surface area contributed by atoms with Crippen molar-refractivity contribution in [1.82, 2.24) is 9.97 Å². The Balaban J connectivity index is 2.45. The first kappa shape index (κ1) is 11.3. The molecule has 82 valence electrons. The van der Waals surface area contributed by atoms with Crippen molar-refractivity contribution < 1.29 is 0 Å². The summed E-state index contributed by atoms with van der Waals surface area (Å²) in [6.45, 7) is 0. The van der Waals surface area contributed by atoms with Crippen LogP contribution in [0.25, 0.3) is 11.4 Å². The summed E-state index contributed by atoms with van der Waals surface area (Å²) in [5.74, 6) is 7.88. The summed E-state index contributed by atoms with van der Waals surface area (Å²) >= 11 is -1.84. The Hall–Kier alpha value is -1.16. The van der Waals surface area contributed by atoms with E-state index in [0.29, 0.717) is 0 Å². The van der Waals surface area contributed by atoms with E-state index < -0.39 is 13.3 Å². The van der Waals surface area contributed by atoms with Gasteiger partial charge >= 0.3 is 99.0 Å². The van der Waals surface area contributed by atoms with Crippen LogP contribution in [0.15, 0.2) is 42.6 Å². The maximum absolute atomic E-state index is 4.69. The average molecular weight is 273 g/mol. The van der Waals surface area contributed by atoms with E-state index in [0.717, 1.165) is 11.4 Å². The number of nitrogens with zero attached hydrogens (tertiary/aromatic N) is 2. The number of benzene rings is 1. The molecule has 0 bridgehead atoms. The van der Waals surface area contributed by atoms with E-state index in [4.69, 9.17) is 0 Å². The molecular formula is C13H16GeN2. The molecule has 0 spiro atoms. The summed E-state index contributed by atoms with van der Waals surface area (Å²) in [6.07, 6.45) is 1.88. The summed E-state index contributed by atoms with van der Waals surface area (Å²) in [4.78, 5) is 9.03. The molecule has 2 rings (SSSR count). The molecule has 16 heavy (non-hydrogen) atoms. The number of hydrogen-bond acceptors (Lipinski definition) is 2. The molecule has 0 atom stereocenters. The molecule has 0 radical (unpaired) electrons. The number of hydrogen-bond donors (Lipinski definition) is 0. The standard InChI is InChI=1S/C13H16GeN2/c1-14(2,3)12-9-10-15-13(16-12)11-7-5-4-6-8-11/h4-10H,1-3H3. The molecule has 3 heteroatoms. The van der Waals surface area contributed by atoms with Crippen molar-refractivity contribution >= 4 is 17.8 Å². The third-order valence-electron chi connectivity index (χ3n) is 2.46. The maximum atomic E-state index is 4.69. The molecule has 2 nitrogen and oxygen atoms in total. The van der Waals surface area contributed by atoms with Crippen molar-refractivity contribution in [2.75, 3.05) is 0 Å². The molecule has 0 aliphatic carbocycles. The van der Waals surface area contributed by atoms with Crippen LogP contribution in [0.1, 0.15) is 0 Å². The zero-order chi connectivity index (χ0) is 11.6. The SMILES string of the molecule is [CH3][Ge]([CH3])([CH3])[c]1ccnc(-c2ccccc2)n1. The van der Waals surface area contributed by atoms with E-state index in [1.54, 1.807) is 0 Å². The van der Waals surface area contributed by atoms with Crippen LogP contribution in [-0.2, 0) is 0 Å². The molecule has 0 saturated heterocycles. The molecule has 0 unspecified atom stereocenters. The second-order valence-electron chi connectivity index (χ2n) is 4.88. The van der Waals surface area contributed by atoms with Crippen LogP contribution in [0.4, 0.5) is 0 Å². The minimum atomic E-state index is -1.84. The second kappa shape index (κ2) is 4.38. The third-order valence-corrected chi connectivity index (χ3v) is 6.26. The van der Waals surface area contributed by atoms with Crippen molar-refractivity contribution in [1.29, 1.82) is 0 Å². The van der Waals surface area contributed by atoms with E-state index in [2.05, 4.69) is 45.4 Å². The molecule has 1 heterocycles. The Morgan fingerprint density at radius 2 is 1.62 bits per heavy atom. The van der Waals surface area contributed by atoms with Crippen molar-refractivity contribution in [3.63, 3.8) is 0 Å². The zero-order valence-corrected chi connectivity index (χ0v) is 12.0. The van der Waals surface area contributed by atoms with Gasteiger partial charge in [-0.15, -0.1) is 0 Å². The Morgan fingerprint density at radius 3 is 2.25 bits per heavy atom. The van der Waals surface area contributed by atoms with E-state index >= 15 is 0 Å². The van der Waals surface area contributed by atoms with Gasteiger partial charge in [0.2, 0.25) is 0 Å². The third kappa shape index (κ3) is 2.50. The first-order valence-electron chi connectivity index (χ1n) is 5.46. The molecular weight excluding hydrogens is 257 g/mol. The van der Waals surface area contributed by atoms with Crippen LogP contribution in [0.3, 0.4) is 0 Å². The summed E-state index contributed by atoms with van der Waals surface area (Å²) in [6, 6.07) is 12.2. The van der Waals surface area contributed by atoms with E-state index in [1.807, 2.05) is 24.4 Å². The van der Waals surface area contributed by atoms with E-state index in [9.17, 15) is 0 Å². The van der Waals surface area contributed by atoms with Crippen LogP contribution in [0, 0.1) is 0 Å². The van der Waals surface area contributed by atoms with Gasteiger partial charge in [-0.2, -0.15) is 0 Å². The van der Waals surface area contributed by atoms with Gasteiger partial charge in [0.05, 0.1) is 0 Å². The molecule has 1 aromatic carbocycles. The molecule has 0 amide bonds. The van der Waals surface area contributed by atoms with Crippen molar-refractivity contribution in [2.45, 2.75) is 17.3 Å². The van der Waals surface area contributed by atoms with Crippen LogP contribution in [0.2, 0.25) is 17.3 Å². The van der Waals surface area contributed by atoms with Gasteiger partial charge in [-0.25, -0.2) is 0 Å². The van der Waals surface area contributed by atoms with Gasteiger partial charge in [0, 0.05) is 0 Å². The van der Waals surface area contributed by atoms with E-state index in [-0.39, 0.29) is 0 Å². The van der Waals surface area contributed by atoms with Crippen molar-refractivity contribution in [3.8, 4) is 11.4 Å². The van der Waals surface area contributed by atoms with Crippen LogP contribution in [-0.4, -0.2) is 23.2 Å². The first-order valence-corrected chi connectivity index (χ1v) is 12.8. The Kier molecular flexibility index (Phi) is 3.10. The molecule has 0 aliphatic rings. The topological polar surface area (TPSA) is 25.8 Å². The normalized spacial score (nSPS) is 11.4. The van der Waals surface area contributed by atoms with Gasteiger partial charge in [-0.1, -0.05) is 0 Å². The second-order valence-corrected chi connectivity index (χ2v) is 15.4. The van der Waals surface area contributed by atoms with Gasteiger partial charge in [-0.3, -0.25) is 0 Å². The molecule has 0 saturated carbocycles. The Bertz CT molecular complexity index is 475. The van der Waals surface area contributed by atoms with Crippen LogP contribution < -0.4 is 4.53 Å². The predicted molar refractivity (Wildman–Crippen MR) is 70.4 cm³/mol. The fourth-order valence-electron chi connectivity index (χ4n) is 1.50. The fraction of sp³-hybridized carbons (Fsp3) is 0.231. The van der Waals surface area contributed by atoms with Crippen LogP contribution >= 0.6 is 0 Å². The molecule has 0 aliphatic heterocycles. The van der Waals surface area contributed by atoms with Crippen molar-refractivity contribution in [3.05, 3.63) is 42.6 Å². The minimum absolute atomic E-state index is 0.846. The van der Waals surface area contributed by atoms with E-state index in [1.165, 1.54) is 4.53 Å².